The normalized spacial score (nSPS) is 20.1. The summed E-state index contributed by atoms with van der Waals surface area (Å²) in [6, 6.07) is 15.5. The summed E-state index contributed by atoms with van der Waals surface area (Å²) in [5.41, 5.74) is 3.76. The van der Waals surface area contributed by atoms with E-state index in [4.69, 9.17) is 9.47 Å². The third-order valence-electron chi connectivity index (χ3n) is 6.35. The average Bonchev–Trinajstić information content (AvgIpc) is 3.56. The van der Waals surface area contributed by atoms with Gasteiger partial charge in [0.15, 0.2) is 5.78 Å². The molecule has 0 saturated carbocycles. The summed E-state index contributed by atoms with van der Waals surface area (Å²) in [5.74, 6) is 0.201. The molecule has 3 heterocycles. The number of ether oxygens (including phenoxy) is 2. The Morgan fingerprint density at radius 1 is 1.03 bits per heavy atom. The Hall–Kier alpha value is -3.16. The van der Waals surface area contributed by atoms with Crippen LogP contribution in [-0.4, -0.2) is 18.9 Å². The van der Waals surface area contributed by atoms with Crippen LogP contribution in [0.25, 0.3) is 0 Å². The molecule has 1 N–H and O–H groups in total. The fourth-order valence-electron chi connectivity index (χ4n) is 4.72. The number of ketones is 1. The van der Waals surface area contributed by atoms with Crippen molar-refractivity contribution in [1.82, 2.24) is 5.32 Å². The number of thiophene rings is 2. The van der Waals surface area contributed by atoms with Crippen molar-refractivity contribution in [3.05, 3.63) is 97.1 Å². The highest BCUT2D eigenvalue weighted by Gasteiger charge is 2.42. The number of carbonyl (C=O) groups excluding carboxylic acids is 2. The van der Waals surface area contributed by atoms with Crippen LogP contribution < -0.4 is 10.1 Å². The first kappa shape index (κ1) is 22.6. The summed E-state index contributed by atoms with van der Waals surface area (Å²) in [4.78, 5) is 29.1. The van der Waals surface area contributed by atoms with Crippen LogP contribution in [0.3, 0.4) is 0 Å². The number of esters is 1. The number of benzene rings is 1. The molecule has 0 fully saturated rings. The van der Waals surface area contributed by atoms with Crippen molar-refractivity contribution in [2.75, 3.05) is 7.11 Å². The highest BCUT2D eigenvalue weighted by Crippen LogP contribution is 2.47. The van der Waals surface area contributed by atoms with Crippen LogP contribution in [-0.2, 0) is 20.9 Å². The van der Waals surface area contributed by atoms with E-state index in [1.54, 1.807) is 29.8 Å². The molecule has 5 rings (SSSR count). The van der Waals surface area contributed by atoms with Crippen molar-refractivity contribution in [2.24, 2.45) is 0 Å². The van der Waals surface area contributed by atoms with E-state index in [0.717, 1.165) is 34.0 Å². The molecule has 2 aromatic heterocycles. The van der Waals surface area contributed by atoms with Gasteiger partial charge in [-0.25, -0.2) is 4.79 Å². The quantitative estimate of drug-likeness (QED) is 0.434. The first-order valence-corrected chi connectivity index (χ1v) is 12.9. The molecular weight excluding hydrogens is 466 g/mol. The average molecular weight is 492 g/mol. The molecule has 0 saturated heterocycles. The second-order valence-electron chi connectivity index (χ2n) is 8.47. The minimum absolute atomic E-state index is 0.0958. The lowest BCUT2D eigenvalue weighted by Gasteiger charge is -2.35. The van der Waals surface area contributed by atoms with E-state index in [2.05, 4.69) is 16.8 Å². The summed E-state index contributed by atoms with van der Waals surface area (Å²) in [6.07, 6.45) is 1.21. The first-order valence-electron chi connectivity index (χ1n) is 11.2. The van der Waals surface area contributed by atoms with Crippen molar-refractivity contribution < 1.29 is 19.1 Å². The van der Waals surface area contributed by atoms with Gasteiger partial charge in [-0.15, -0.1) is 22.7 Å². The molecule has 0 unspecified atom stereocenters. The molecule has 34 heavy (non-hydrogen) atoms. The van der Waals surface area contributed by atoms with Crippen molar-refractivity contribution in [2.45, 2.75) is 38.2 Å². The van der Waals surface area contributed by atoms with Crippen molar-refractivity contribution >= 4 is 34.4 Å². The Morgan fingerprint density at radius 2 is 1.74 bits per heavy atom. The number of Topliss-reactive ketones (excluding diaryl/α,β-unsaturated/α-hetero) is 1. The van der Waals surface area contributed by atoms with Crippen molar-refractivity contribution in [1.29, 1.82) is 0 Å². The van der Waals surface area contributed by atoms with Crippen LogP contribution >= 0.6 is 22.7 Å². The molecule has 0 bridgehead atoms. The Labute approximate surface area is 206 Å². The van der Waals surface area contributed by atoms with Crippen molar-refractivity contribution in [3.8, 4) is 5.75 Å². The Morgan fingerprint density at radius 3 is 2.38 bits per heavy atom. The molecule has 3 aromatic rings. The van der Waals surface area contributed by atoms with E-state index in [0.29, 0.717) is 17.6 Å². The van der Waals surface area contributed by atoms with Crippen molar-refractivity contribution in [3.63, 3.8) is 0 Å². The monoisotopic (exact) mass is 491 g/mol. The predicted octanol–water partition coefficient (Wildman–Crippen LogP) is 5.92. The van der Waals surface area contributed by atoms with Gasteiger partial charge >= 0.3 is 5.97 Å². The largest absolute Gasteiger partial charge is 0.497 e. The van der Waals surface area contributed by atoms with Crippen LogP contribution in [0, 0.1) is 0 Å². The summed E-state index contributed by atoms with van der Waals surface area (Å²) in [6.45, 7) is 2.05. The Kier molecular flexibility index (Phi) is 6.39. The minimum Gasteiger partial charge on any atom is -0.497 e. The Balaban J connectivity index is 1.43. The number of hydrogen-bond donors (Lipinski definition) is 1. The fourth-order valence-corrected chi connectivity index (χ4v) is 6.40. The molecule has 5 nitrogen and oxygen atoms in total. The maximum atomic E-state index is 13.5. The number of dihydropyridines is 1. The molecule has 1 aliphatic heterocycles. The second-order valence-corrected chi connectivity index (χ2v) is 10.4. The molecule has 174 valence electrons. The van der Waals surface area contributed by atoms with E-state index in [-0.39, 0.29) is 18.3 Å². The van der Waals surface area contributed by atoms with E-state index < -0.39 is 11.9 Å². The molecule has 2 atom stereocenters. The minimum atomic E-state index is -0.406. The topological polar surface area (TPSA) is 64.6 Å². The first-order chi connectivity index (χ1) is 16.5. The van der Waals surface area contributed by atoms with Crippen LogP contribution in [0.2, 0.25) is 0 Å². The summed E-state index contributed by atoms with van der Waals surface area (Å²) in [5, 5.41) is 7.44. The molecule has 7 heteroatoms. The zero-order chi connectivity index (χ0) is 23.7. The molecule has 1 aromatic carbocycles. The third kappa shape index (κ3) is 4.33. The lowest BCUT2D eigenvalue weighted by atomic mass is 9.74. The van der Waals surface area contributed by atoms with Gasteiger partial charge < -0.3 is 14.8 Å². The fraction of sp³-hybridized carbons (Fsp3) is 0.259. The number of rotatable bonds is 6. The lowest BCUT2D eigenvalue weighted by molar-refractivity contribution is -0.140. The molecule has 0 radical (unpaired) electrons. The SMILES string of the molecule is COc1ccc(COC(=O)C2=C(C)NC3=C(C(=O)C[C@@H](c4cccs4)C3)[C@@H]2c2cccs2)cc1. The number of allylic oxidation sites excluding steroid dienone is 3. The van der Waals surface area contributed by atoms with E-state index in [1.807, 2.05) is 54.8 Å². The maximum Gasteiger partial charge on any atom is 0.337 e. The van der Waals surface area contributed by atoms with Gasteiger partial charge in [0.2, 0.25) is 0 Å². The zero-order valence-corrected chi connectivity index (χ0v) is 20.6. The van der Waals surface area contributed by atoms with Gasteiger partial charge in [-0.1, -0.05) is 24.3 Å². The maximum absolute atomic E-state index is 13.5. The molecule has 0 amide bonds. The molecule has 2 aliphatic rings. The summed E-state index contributed by atoms with van der Waals surface area (Å²) >= 11 is 3.25. The smallest absolute Gasteiger partial charge is 0.337 e. The number of carbonyl (C=O) groups is 2. The Bertz CT molecular complexity index is 1250. The van der Waals surface area contributed by atoms with Gasteiger partial charge in [0, 0.05) is 39.1 Å². The van der Waals surface area contributed by atoms with Gasteiger partial charge in [0.05, 0.1) is 18.6 Å². The second kappa shape index (κ2) is 9.60. The zero-order valence-electron chi connectivity index (χ0n) is 19.0. The number of methoxy groups -OCH3 is 1. The summed E-state index contributed by atoms with van der Waals surface area (Å²) in [7, 11) is 1.61. The van der Waals surface area contributed by atoms with Gasteiger partial charge in [0.25, 0.3) is 0 Å². The van der Waals surface area contributed by atoms with Gasteiger partial charge in [-0.2, -0.15) is 0 Å². The van der Waals surface area contributed by atoms with Gasteiger partial charge in [-0.05, 0) is 53.9 Å². The highest BCUT2D eigenvalue weighted by molar-refractivity contribution is 7.10. The highest BCUT2D eigenvalue weighted by atomic mass is 32.1. The van der Waals surface area contributed by atoms with Gasteiger partial charge in [-0.3, -0.25) is 4.79 Å². The number of nitrogens with one attached hydrogen (secondary N) is 1. The van der Waals surface area contributed by atoms with Crippen LogP contribution in [0.5, 0.6) is 5.75 Å². The number of hydrogen-bond acceptors (Lipinski definition) is 7. The van der Waals surface area contributed by atoms with E-state index in [1.165, 1.54) is 4.88 Å². The summed E-state index contributed by atoms with van der Waals surface area (Å²) < 4.78 is 10.9. The van der Waals surface area contributed by atoms with Gasteiger partial charge in [0.1, 0.15) is 12.4 Å². The van der Waals surface area contributed by atoms with Crippen LogP contribution in [0.15, 0.2) is 81.8 Å². The predicted molar refractivity (Wildman–Crippen MR) is 134 cm³/mol. The molecular formula is C27H25NO4S2. The van der Waals surface area contributed by atoms with Crippen LogP contribution in [0.4, 0.5) is 0 Å². The van der Waals surface area contributed by atoms with Crippen LogP contribution in [0.1, 0.15) is 46.9 Å². The standard InChI is InChI=1S/C27H25NO4S2/c1-16-24(27(30)32-15-17-7-9-19(31-2)10-8-17)26(23-6-4-12-34-23)25-20(28-16)13-18(14-21(25)29)22-5-3-11-33-22/h3-12,18,26,28H,13-15H2,1-2H3/t18-,26+/m0/s1. The lowest BCUT2D eigenvalue weighted by Crippen LogP contribution is -2.35. The van der Waals surface area contributed by atoms with E-state index in [9.17, 15) is 9.59 Å². The molecule has 1 aliphatic carbocycles. The molecule has 0 spiro atoms. The third-order valence-corrected chi connectivity index (χ3v) is 8.32. The van der Waals surface area contributed by atoms with E-state index >= 15 is 0 Å².